The van der Waals surface area contributed by atoms with Gasteiger partial charge < -0.3 is 21.5 Å². The second-order valence-electron chi connectivity index (χ2n) is 4.27. The summed E-state index contributed by atoms with van der Waals surface area (Å²) in [6.45, 7) is 2.67. The van der Waals surface area contributed by atoms with Crippen LogP contribution >= 0.6 is 8.03 Å². The van der Waals surface area contributed by atoms with E-state index >= 15 is 0 Å². The molecule has 0 aliphatic heterocycles. The predicted octanol–water partition coefficient (Wildman–Crippen LogP) is -1.47. The van der Waals surface area contributed by atoms with Gasteiger partial charge in [0, 0.05) is 6.42 Å². The number of aliphatic carboxylic acids is 1. The van der Waals surface area contributed by atoms with Gasteiger partial charge in [0.1, 0.15) is 12.1 Å². The van der Waals surface area contributed by atoms with E-state index in [0.29, 0.717) is 0 Å². The Hall–Kier alpha value is -1.57. The van der Waals surface area contributed by atoms with Crippen LogP contribution in [0.3, 0.4) is 0 Å². The molecule has 0 aromatic carbocycles. The number of hydrogen-bond donors (Lipinski definition) is 5. The molecule has 114 valence electrons. The second-order valence-corrected chi connectivity index (χ2v) is 5.42. The number of nitrogens with one attached hydrogen (secondary N) is 2. The molecule has 0 saturated carbocycles. The first-order valence-corrected chi connectivity index (χ1v) is 7.27. The number of carbonyl (C=O) groups is 3. The maximum Gasteiger partial charge on any atom is 0.505 e. The molecule has 0 aromatic rings. The normalized spacial score (nSPS) is 15.7. The summed E-state index contributed by atoms with van der Waals surface area (Å²) in [6, 6.07) is -3.04. The molecule has 0 rings (SSSR count). The third-order valence-electron chi connectivity index (χ3n) is 2.45. The molecule has 0 bridgehead atoms. The predicted molar refractivity (Wildman–Crippen MR) is 70.1 cm³/mol. The highest BCUT2D eigenvalue weighted by Crippen LogP contribution is 2.14. The zero-order valence-electron chi connectivity index (χ0n) is 11.2. The maximum absolute atomic E-state index is 11.6. The van der Waals surface area contributed by atoms with Gasteiger partial charge in [-0.1, -0.05) is 0 Å². The van der Waals surface area contributed by atoms with Crippen LogP contribution in [0.25, 0.3) is 0 Å². The summed E-state index contributed by atoms with van der Waals surface area (Å²) >= 11 is 0. The highest BCUT2D eigenvalue weighted by molar-refractivity contribution is 7.37. The van der Waals surface area contributed by atoms with E-state index in [1.165, 1.54) is 13.8 Å². The van der Waals surface area contributed by atoms with Crippen molar-refractivity contribution in [1.82, 2.24) is 10.6 Å². The Kier molecular flexibility index (Phi) is 7.90. The van der Waals surface area contributed by atoms with Crippen LogP contribution in [0.5, 0.6) is 0 Å². The van der Waals surface area contributed by atoms with Gasteiger partial charge in [-0.2, -0.15) is 4.89 Å². The molecule has 0 aliphatic rings. The summed E-state index contributed by atoms with van der Waals surface area (Å²) in [5.41, 5.74) is 5.49. The summed E-state index contributed by atoms with van der Waals surface area (Å²) < 4.78 is 10.5. The van der Waals surface area contributed by atoms with Crippen LogP contribution in [0.2, 0.25) is 0 Å². The Morgan fingerprint density at radius 1 is 1.15 bits per heavy atom. The standard InChI is InChI=1S/C10H18N3O6P/c1-5(8(14)13-6(2)10(16)17)12-9(15)7(11)3-4-20(18)19/h5-7H,3-4,11H2,1-2H3,(H3-,12,13,14,15,16,17,18,19)/p+1/t5-,6+,7-/m0/s1. The van der Waals surface area contributed by atoms with Crippen molar-refractivity contribution in [2.45, 2.75) is 38.4 Å². The van der Waals surface area contributed by atoms with E-state index in [9.17, 15) is 18.9 Å². The second kappa shape index (κ2) is 8.57. The third-order valence-corrected chi connectivity index (χ3v) is 3.09. The first-order chi connectivity index (χ1) is 9.15. The van der Waals surface area contributed by atoms with E-state index in [0.717, 1.165) is 0 Å². The molecule has 0 radical (unpaired) electrons. The monoisotopic (exact) mass is 308 g/mol. The van der Waals surface area contributed by atoms with Crippen molar-refractivity contribution < 1.29 is 28.9 Å². The van der Waals surface area contributed by atoms with Crippen LogP contribution in [0.1, 0.15) is 20.3 Å². The van der Waals surface area contributed by atoms with Gasteiger partial charge in [-0.25, -0.2) is 0 Å². The van der Waals surface area contributed by atoms with Crippen LogP contribution in [-0.4, -0.2) is 52.1 Å². The van der Waals surface area contributed by atoms with Gasteiger partial charge in [0.05, 0.1) is 6.04 Å². The SMILES string of the molecule is C[C@H](NC(=O)[C@@H](N)CC[P+](=O)O)C(=O)N[C@H](C)C(=O)O. The molecular weight excluding hydrogens is 289 g/mol. The lowest BCUT2D eigenvalue weighted by Crippen LogP contribution is -2.52. The van der Waals surface area contributed by atoms with Gasteiger partial charge in [-0.15, -0.1) is 0 Å². The molecule has 0 fully saturated rings. The molecule has 2 amide bonds. The van der Waals surface area contributed by atoms with Crippen LogP contribution < -0.4 is 16.4 Å². The molecule has 20 heavy (non-hydrogen) atoms. The lowest BCUT2D eigenvalue weighted by molar-refractivity contribution is -0.141. The van der Waals surface area contributed by atoms with Gasteiger partial charge in [0.25, 0.3) is 0 Å². The molecule has 1 unspecified atom stereocenters. The lowest BCUT2D eigenvalue weighted by atomic mass is 10.2. The van der Waals surface area contributed by atoms with Crippen LogP contribution in [0, 0.1) is 0 Å². The van der Waals surface area contributed by atoms with E-state index in [2.05, 4.69) is 10.6 Å². The van der Waals surface area contributed by atoms with E-state index in [-0.39, 0.29) is 12.6 Å². The molecule has 4 atom stereocenters. The average Bonchev–Trinajstić information content (AvgIpc) is 2.35. The smallest absolute Gasteiger partial charge is 0.480 e. The van der Waals surface area contributed by atoms with Gasteiger partial charge in [-0.3, -0.25) is 14.4 Å². The highest BCUT2D eigenvalue weighted by Gasteiger charge is 2.24. The zero-order valence-corrected chi connectivity index (χ0v) is 12.1. The molecule has 0 saturated heterocycles. The fourth-order valence-electron chi connectivity index (χ4n) is 1.17. The summed E-state index contributed by atoms with van der Waals surface area (Å²) in [7, 11) is -2.36. The van der Waals surface area contributed by atoms with Crippen molar-refractivity contribution in [2.75, 3.05) is 6.16 Å². The molecule has 0 heterocycles. The van der Waals surface area contributed by atoms with Crippen LogP contribution in [0.4, 0.5) is 0 Å². The van der Waals surface area contributed by atoms with Gasteiger partial charge in [0.15, 0.2) is 6.16 Å². The number of carboxylic acids is 1. The van der Waals surface area contributed by atoms with E-state index in [4.69, 9.17) is 15.7 Å². The van der Waals surface area contributed by atoms with E-state index in [1.54, 1.807) is 0 Å². The van der Waals surface area contributed by atoms with Gasteiger partial charge >= 0.3 is 14.0 Å². The minimum absolute atomic E-state index is 0.0113. The first-order valence-electron chi connectivity index (χ1n) is 5.87. The molecule has 9 nitrogen and oxygen atoms in total. The number of nitrogens with two attached hydrogens (primary N) is 1. The highest BCUT2D eigenvalue weighted by atomic mass is 31.1. The van der Waals surface area contributed by atoms with Gasteiger partial charge in [-0.05, 0) is 18.4 Å². The number of carboxylic acid groups (broad SMARTS) is 1. The Morgan fingerprint density at radius 3 is 2.10 bits per heavy atom. The number of amides is 2. The molecular formula is C10H19N3O6P+. The number of carbonyl (C=O) groups excluding carboxylic acids is 2. The van der Waals surface area contributed by atoms with E-state index in [1.807, 2.05) is 0 Å². The minimum atomic E-state index is -2.36. The van der Waals surface area contributed by atoms with Crippen molar-refractivity contribution in [3.8, 4) is 0 Å². The summed E-state index contributed by atoms with van der Waals surface area (Å²) in [4.78, 5) is 42.3. The van der Waals surface area contributed by atoms with Crippen molar-refractivity contribution in [3.05, 3.63) is 0 Å². The van der Waals surface area contributed by atoms with Crippen molar-refractivity contribution in [2.24, 2.45) is 5.73 Å². The molecule has 6 N–H and O–H groups in total. The number of rotatable bonds is 8. The third kappa shape index (κ3) is 7.13. The topological polar surface area (TPSA) is 159 Å². The summed E-state index contributed by atoms with van der Waals surface area (Å²) in [6.07, 6.45) is -0.0993. The summed E-state index contributed by atoms with van der Waals surface area (Å²) in [5, 5.41) is 13.1. The Labute approximate surface area is 116 Å². The Bertz CT molecular complexity index is 402. The molecule has 0 aliphatic carbocycles. The average molecular weight is 308 g/mol. The zero-order chi connectivity index (χ0) is 15.9. The largest absolute Gasteiger partial charge is 0.505 e. The molecule has 0 aromatic heterocycles. The van der Waals surface area contributed by atoms with Crippen LogP contribution in [-0.2, 0) is 18.9 Å². The van der Waals surface area contributed by atoms with Crippen LogP contribution in [0.15, 0.2) is 0 Å². The fourth-order valence-corrected chi connectivity index (χ4v) is 1.67. The lowest BCUT2D eigenvalue weighted by Gasteiger charge is -2.17. The van der Waals surface area contributed by atoms with Gasteiger partial charge in [0.2, 0.25) is 11.8 Å². The Morgan fingerprint density at radius 2 is 1.65 bits per heavy atom. The minimum Gasteiger partial charge on any atom is -0.480 e. The van der Waals surface area contributed by atoms with E-state index < -0.39 is 43.9 Å². The summed E-state index contributed by atoms with van der Waals surface area (Å²) in [5.74, 6) is -2.50. The maximum atomic E-state index is 11.6. The molecule has 10 heteroatoms. The van der Waals surface area contributed by atoms with Crippen molar-refractivity contribution in [3.63, 3.8) is 0 Å². The fraction of sp³-hybridized carbons (Fsp3) is 0.700. The van der Waals surface area contributed by atoms with Crippen molar-refractivity contribution >= 4 is 25.8 Å². The quantitative estimate of drug-likeness (QED) is 0.342. The first kappa shape index (κ1) is 18.4. The van der Waals surface area contributed by atoms with Crippen molar-refractivity contribution in [1.29, 1.82) is 0 Å². The molecule has 0 spiro atoms. The Balaban J connectivity index is 4.27. The number of hydrogen-bond acceptors (Lipinski definition) is 5.